The van der Waals surface area contributed by atoms with Crippen molar-refractivity contribution in [2.24, 2.45) is 0 Å². The highest BCUT2D eigenvalue weighted by atomic mass is 32.2. The number of halogens is 1. The Morgan fingerprint density at radius 1 is 1.06 bits per heavy atom. The van der Waals surface area contributed by atoms with Crippen LogP contribution < -0.4 is 10.1 Å². The average Bonchev–Trinajstić information content (AvgIpc) is 3.12. The number of hydrogen-bond acceptors (Lipinski definition) is 6. The van der Waals surface area contributed by atoms with Crippen LogP contribution in [-0.2, 0) is 26.1 Å². The fourth-order valence-corrected chi connectivity index (χ4v) is 5.08. The lowest BCUT2D eigenvalue weighted by atomic mass is 10.2. The maximum Gasteiger partial charge on any atom is 0.342 e. The van der Waals surface area contributed by atoms with Gasteiger partial charge in [-0.1, -0.05) is 31.0 Å². The third-order valence-electron chi connectivity index (χ3n) is 5.36. The molecular weight excluding hydrogens is 451 g/mol. The summed E-state index contributed by atoms with van der Waals surface area (Å²) in [7, 11) is -2.44. The number of amides is 1. The summed E-state index contributed by atoms with van der Waals surface area (Å²) >= 11 is 0. The molecule has 33 heavy (non-hydrogen) atoms. The molecule has 1 aliphatic heterocycles. The molecule has 0 saturated carbocycles. The quantitative estimate of drug-likeness (QED) is 0.586. The molecule has 2 aromatic rings. The van der Waals surface area contributed by atoms with Gasteiger partial charge in [-0.05, 0) is 37.1 Å². The molecule has 178 valence electrons. The molecule has 0 radical (unpaired) electrons. The highest BCUT2D eigenvalue weighted by Crippen LogP contribution is 2.26. The van der Waals surface area contributed by atoms with Gasteiger partial charge < -0.3 is 14.8 Å². The molecular formula is C23H27FN2O6S. The maximum atomic E-state index is 13.6. The molecule has 0 atom stereocenters. The number of carbonyl (C=O) groups excluding carboxylic acids is 2. The molecule has 0 unspecified atom stereocenters. The molecule has 8 nitrogen and oxygen atoms in total. The molecule has 0 aliphatic carbocycles. The summed E-state index contributed by atoms with van der Waals surface area (Å²) in [6.45, 7) is 0.183. The van der Waals surface area contributed by atoms with Gasteiger partial charge in [0.15, 0.2) is 6.61 Å². The monoisotopic (exact) mass is 478 g/mol. The summed E-state index contributed by atoms with van der Waals surface area (Å²) in [5.74, 6) is -1.86. The SMILES string of the molecule is COc1ccc(S(=O)(=O)N2CCCCCC2)cc1C(=O)OCC(=O)NCc1ccccc1F. The van der Waals surface area contributed by atoms with Gasteiger partial charge in [0.2, 0.25) is 10.0 Å². The van der Waals surface area contributed by atoms with Gasteiger partial charge in [-0.25, -0.2) is 17.6 Å². The van der Waals surface area contributed by atoms with Crippen LogP contribution in [0.2, 0.25) is 0 Å². The van der Waals surface area contributed by atoms with Crippen LogP contribution in [0.1, 0.15) is 41.6 Å². The van der Waals surface area contributed by atoms with Gasteiger partial charge in [0.25, 0.3) is 5.91 Å². The lowest BCUT2D eigenvalue weighted by Crippen LogP contribution is -2.32. The minimum Gasteiger partial charge on any atom is -0.496 e. The first-order valence-corrected chi connectivity index (χ1v) is 12.1. The molecule has 2 aromatic carbocycles. The van der Waals surface area contributed by atoms with Gasteiger partial charge in [-0.3, -0.25) is 4.79 Å². The minimum atomic E-state index is -3.79. The van der Waals surface area contributed by atoms with Crippen LogP contribution in [0.15, 0.2) is 47.4 Å². The predicted octanol–water partition coefficient (Wildman–Crippen LogP) is 2.87. The van der Waals surface area contributed by atoms with E-state index in [0.717, 1.165) is 25.7 Å². The highest BCUT2D eigenvalue weighted by Gasteiger charge is 2.27. The first kappa shape index (κ1) is 24.7. The summed E-state index contributed by atoms with van der Waals surface area (Å²) in [5.41, 5.74) is 0.195. The van der Waals surface area contributed by atoms with Gasteiger partial charge in [0.05, 0.1) is 12.0 Å². The van der Waals surface area contributed by atoms with E-state index < -0.39 is 34.3 Å². The molecule has 0 bridgehead atoms. The van der Waals surface area contributed by atoms with Crippen LogP contribution in [0, 0.1) is 5.82 Å². The minimum absolute atomic E-state index is 0.0406. The Kier molecular flexibility index (Phi) is 8.40. The zero-order chi connectivity index (χ0) is 23.8. The third-order valence-corrected chi connectivity index (χ3v) is 7.26. The van der Waals surface area contributed by atoms with Crippen LogP contribution in [0.3, 0.4) is 0 Å². The number of ether oxygens (including phenoxy) is 2. The van der Waals surface area contributed by atoms with Crippen LogP contribution in [-0.4, -0.2) is 51.4 Å². The normalized spacial score (nSPS) is 14.8. The van der Waals surface area contributed by atoms with E-state index in [0.29, 0.717) is 18.7 Å². The summed E-state index contributed by atoms with van der Waals surface area (Å²) in [6.07, 6.45) is 3.52. The summed E-state index contributed by atoms with van der Waals surface area (Å²) in [4.78, 5) is 24.6. The van der Waals surface area contributed by atoms with Gasteiger partial charge in [0, 0.05) is 25.2 Å². The van der Waals surface area contributed by atoms with Gasteiger partial charge in [0.1, 0.15) is 17.1 Å². The molecule has 0 spiro atoms. The molecule has 1 saturated heterocycles. The molecule has 1 aliphatic rings. The number of nitrogens with zero attached hydrogens (tertiary/aromatic N) is 1. The lowest BCUT2D eigenvalue weighted by molar-refractivity contribution is -0.124. The number of methoxy groups -OCH3 is 1. The van der Waals surface area contributed by atoms with Crippen molar-refractivity contribution in [2.45, 2.75) is 37.1 Å². The maximum absolute atomic E-state index is 13.6. The molecule has 1 N–H and O–H groups in total. The Labute approximate surface area is 192 Å². The van der Waals surface area contributed by atoms with Crippen molar-refractivity contribution in [2.75, 3.05) is 26.8 Å². The second-order valence-corrected chi connectivity index (χ2v) is 9.56. The van der Waals surface area contributed by atoms with E-state index in [1.54, 1.807) is 6.07 Å². The van der Waals surface area contributed by atoms with Crippen molar-refractivity contribution >= 4 is 21.9 Å². The summed E-state index contributed by atoms with van der Waals surface area (Å²) < 4.78 is 51.4. The highest BCUT2D eigenvalue weighted by molar-refractivity contribution is 7.89. The first-order valence-electron chi connectivity index (χ1n) is 10.7. The number of hydrogen-bond donors (Lipinski definition) is 1. The van der Waals surface area contributed by atoms with E-state index in [-0.39, 0.29) is 22.8 Å². The molecule has 10 heteroatoms. The van der Waals surface area contributed by atoms with Crippen LogP contribution in [0.4, 0.5) is 4.39 Å². The second-order valence-electron chi connectivity index (χ2n) is 7.62. The first-order chi connectivity index (χ1) is 15.8. The van der Waals surface area contributed by atoms with Crippen LogP contribution in [0.25, 0.3) is 0 Å². The van der Waals surface area contributed by atoms with Gasteiger partial charge in [-0.2, -0.15) is 4.31 Å². The molecule has 1 heterocycles. The Hall–Kier alpha value is -2.98. The van der Waals surface area contributed by atoms with Crippen molar-refractivity contribution in [1.29, 1.82) is 0 Å². The Bertz CT molecular complexity index is 1100. The van der Waals surface area contributed by atoms with Crippen LogP contribution in [0.5, 0.6) is 5.75 Å². The largest absolute Gasteiger partial charge is 0.496 e. The van der Waals surface area contributed by atoms with E-state index in [2.05, 4.69) is 5.32 Å². The fraction of sp³-hybridized carbons (Fsp3) is 0.391. The van der Waals surface area contributed by atoms with Crippen molar-refractivity contribution in [3.8, 4) is 5.75 Å². The van der Waals surface area contributed by atoms with Crippen molar-refractivity contribution in [3.63, 3.8) is 0 Å². The predicted molar refractivity (Wildman–Crippen MR) is 119 cm³/mol. The average molecular weight is 479 g/mol. The Morgan fingerprint density at radius 3 is 2.42 bits per heavy atom. The zero-order valence-electron chi connectivity index (χ0n) is 18.4. The Balaban J connectivity index is 1.67. The summed E-state index contributed by atoms with van der Waals surface area (Å²) in [5, 5.41) is 2.47. The van der Waals surface area contributed by atoms with E-state index in [4.69, 9.17) is 9.47 Å². The smallest absolute Gasteiger partial charge is 0.342 e. The van der Waals surface area contributed by atoms with E-state index in [1.807, 2.05) is 0 Å². The van der Waals surface area contributed by atoms with E-state index in [1.165, 1.54) is 47.8 Å². The lowest BCUT2D eigenvalue weighted by Gasteiger charge is -2.20. The molecule has 3 rings (SSSR count). The molecule has 1 fully saturated rings. The van der Waals surface area contributed by atoms with Gasteiger partial charge >= 0.3 is 5.97 Å². The molecule has 0 aromatic heterocycles. The van der Waals surface area contributed by atoms with Crippen molar-refractivity contribution < 1.29 is 31.9 Å². The number of nitrogens with one attached hydrogen (secondary N) is 1. The topological polar surface area (TPSA) is 102 Å². The second kappa shape index (κ2) is 11.2. The number of rotatable bonds is 8. The van der Waals surface area contributed by atoms with Crippen molar-refractivity contribution in [3.05, 3.63) is 59.4 Å². The fourth-order valence-electron chi connectivity index (χ4n) is 3.53. The van der Waals surface area contributed by atoms with E-state index >= 15 is 0 Å². The third kappa shape index (κ3) is 6.29. The molecule has 1 amide bonds. The number of sulfonamides is 1. The van der Waals surface area contributed by atoms with Gasteiger partial charge in [-0.15, -0.1) is 0 Å². The number of esters is 1. The standard InChI is InChI=1S/C23H27FN2O6S/c1-31-21-11-10-18(33(29,30)26-12-6-2-3-7-13-26)14-19(21)23(28)32-16-22(27)25-15-17-8-4-5-9-20(17)24/h4-5,8-11,14H,2-3,6-7,12-13,15-16H2,1H3,(H,25,27). The van der Waals surface area contributed by atoms with Crippen molar-refractivity contribution in [1.82, 2.24) is 9.62 Å². The Morgan fingerprint density at radius 2 is 1.76 bits per heavy atom. The number of carbonyl (C=O) groups is 2. The number of benzene rings is 2. The van der Waals surface area contributed by atoms with E-state index in [9.17, 15) is 22.4 Å². The van der Waals surface area contributed by atoms with Crippen LogP contribution >= 0.6 is 0 Å². The zero-order valence-corrected chi connectivity index (χ0v) is 19.2. The summed E-state index contributed by atoms with van der Waals surface area (Å²) in [6, 6.07) is 9.97.